The van der Waals surface area contributed by atoms with Crippen LogP contribution in [0.2, 0.25) is 0 Å². The topological polar surface area (TPSA) is 47.7 Å². The molecule has 5 heteroatoms. The van der Waals surface area contributed by atoms with Crippen molar-refractivity contribution in [3.8, 4) is 5.75 Å². The molecule has 2 N–H and O–H groups in total. The van der Waals surface area contributed by atoms with Gasteiger partial charge in [-0.15, -0.1) is 0 Å². The summed E-state index contributed by atoms with van der Waals surface area (Å²) in [4.78, 5) is 2.36. The molecule has 4 nitrogen and oxygen atoms in total. The van der Waals surface area contributed by atoms with Gasteiger partial charge in [-0.05, 0) is 49.6 Å². The van der Waals surface area contributed by atoms with E-state index in [1.165, 1.54) is 5.56 Å². The fourth-order valence-corrected chi connectivity index (χ4v) is 3.42. The Morgan fingerprint density at radius 1 is 1.43 bits per heavy atom. The number of nitrogens with two attached hydrogens (primary N) is 1. The van der Waals surface area contributed by atoms with Crippen molar-refractivity contribution >= 4 is 15.9 Å². The molecule has 21 heavy (non-hydrogen) atoms. The van der Waals surface area contributed by atoms with E-state index in [0.717, 1.165) is 42.8 Å². The highest BCUT2D eigenvalue weighted by Gasteiger charge is 2.23. The quantitative estimate of drug-likeness (QED) is 0.851. The van der Waals surface area contributed by atoms with Gasteiger partial charge in [-0.1, -0.05) is 15.9 Å². The zero-order valence-electron chi connectivity index (χ0n) is 12.8. The van der Waals surface area contributed by atoms with Crippen LogP contribution in [0.4, 0.5) is 0 Å². The number of halogens is 1. The van der Waals surface area contributed by atoms with E-state index < -0.39 is 0 Å². The molecule has 0 saturated carbocycles. The first-order chi connectivity index (χ1) is 10.2. The first-order valence-corrected chi connectivity index (χ1v) is 8.26. The Morgan fingerprint density at radius 2 is 2.14 bits per heavy atom. The molecule has 118 valence electrons. The third kappa shape index (κ3) is 4.42. The van der Waals surface area contributed by atoms with Gasteiger partial charge in [-0.25, -0.2) is 0 Å². The van der Waals surface area contributed by atoms with Crippen molar-refractivity contribution < 1.29 is 9.47 Å². The molecule has 0 spiro atoms. The first kappa shape index (κ1) is 16.7. The van der Waals surface area contributed by atoms with Gasteiger partial charge < -0.3 is 15.2 Å². The minimum atomic E-state index is 0.192. The predicted octanol–water partition coefficient (Wildman–Crippen LogP) is 2.82. The zero-order chi connectivity index (χ0) is 15.2. The van der Waals surface area contributed by atoms with E-state index in [-0.39, 0.29) is 6.04 Å². The number of methoxy groups -OCH3 is 1. The standard InChI is InChI=1S/C16H25BrN2O2/c1-19(11-12-5-7-21-8-6-12)16(10-18)14-9-13(20-2)3-4-15(14)17/h3-4,9,12,16H,5-8,10-11,18H2,1-2H3. The first-order valence-electron chi connectivity index (χ1n) is 7.47. The van der Waals surface area contributed by atoms with Gasteiger partial charge in [0.25, 0.3) is 0 Å². The maximum atomic E-state index is 6.04. The number of benzene rings is 1. The van der Waals surface area contributed by atoms with Crippen molar-refractivity contribution in [1.82, 2.24) is 4.90 Å². The summed E-state index contributed by atoms with van der Waals surface area (Å²) in [6.45, 7) is 3.41. The van der Waals surface area contributed by atoms with Crippen molar-refractivity contribution in [2.24, 2.45) is 11.7 Å². The van der Waals surface area contributed by atoms with Crippen LogP contribution in [0.1, 0.15) is 24.4 Å². The molecule has 1 fully saturated rings. The third-order valence-electron chi connectivity index (χ3n) is 4.20. The molecule has 1 heterocycles. The second kappa shape index (κ2) is 8.13. The Kier molecular flexibility index (Phi) is 6.48. The van der Waals surface area contributed by atoms with Crippen molar-refractivity contribution in [3.05, 3.63) is 28.2 Å². The summed E-state index contributed by atoms with van der Waals surface area (Å²) < 4.78 is 11.9. The molecule has 0 aromatic heterocycles. The molecule has 1 aromatic carbocycles. The highest BCUT2D eigenvalue weighted by Crippen LogP contribution is 2.31. The molecule has 1 unspecified atom stereocenters. The highest BCUT2D eigenvalue weighted by atomic mass is 79.9. The summed E-state index contributed by atoms with van der Waals surface area (Å²) in [6, 6.07) is 6.25. The molecule has 1 atom stereocenters. The van der Waals surface area contributed by atoms with Crippen LogP contribution < -0.4 is 10.5 Å². The largest absolute Gasteiger partial charge is 0.497 e. The second-order valence-electron chi connectivity index (χ2n) is 5.63. The van der Waals surface area contributed by atoms with Crippen LogP contribution in [-0.2, 0) is 4.74 Å². The van der Waals surface area contributed by atoms with E-state index >= 15 is 0 Å². The van der Waals surface area contributed by atoms with Crippen LogP contribution in [0.3, 0.4) is 0 Å². The average Bonchev–Trinajstić information content (AvgIpc) is 2.51. The molecular formula is C16H25BrN2O2. The maximum Gasteiger partial charge on any atom is 0.119 e. The molecule has 1 saturated heterocycles. The van der Waals surface area contributed by atoms with Crippen LogP contribution in [0.25, 0.3) is 0 Å². The van der Waals surface area contributed by atoms with E-state index in [0.29, 0.717) is 12.5 Å². The summed E-state index contributed by atoms with van der Waals surface area (Å²) in [5.74, 6) is 1.56. The molecule has 1 aliphatic rings. The van der Waals surface area contributed by atoms with Gasteiger partial charge in [0.2, 0.25) is 0 Å². The Balaban J connectivity index is 2.10. The third-order valence-corrected chi connectivity index (χ3v) is 4.93. The fraction of sp³-hybridized carbons (Fsp3) is 0.625. The molecular weight excluding hydrogens is 332 g/mol. The lowest BCUT2D eigenvalue weighted by Gasteiger charge is -2.33. The number of ether oxygens (including phenoxy) is 2. The number of hydrogen-bond donors (Lipinski definition) is 1. The Hall–Kier alpha value is -0.620. The molecule has 2 rings (SSSR count). The Morgan fingerprint density at radius 3 is 2.76 bits per heavy atom. The second-order valence-corrected chi connectivity index (χ2v) is 6.49. The van der Waals surface area contributed by atoms with Gasteiger partial charge in [0, 0.05) is 36.8 Å². The predicted molar refractivity (Wildman–Crippen MR) is 88.7 cm³/mol. The lowest BCUT2D eigenvalue weighted by atomic mass is 9.97. The van der Waals surface area contributed by atoms with E-state index in [4.69, 9.17) is 15.2 Å². The SMILES string of the molecule is COc1ccc(Br)c(C(CN)N(C)CC2CCOCC2)c1. The monoisotopic (exact) mass is 356 g/mol. The molecule has 0 aliphatic carbocycles. The lowest BCUT2D eigenvalue weighted by molar-refractivity contribution is 0.0506. The summed E-state index contributed by atoms with van der Waals surface area (Å²) in [5.41, 5.74) is 7.23. The smallest absolute Gasteiger partial charge is 0.119 e. The molecule has 1 aromatic rings. The van der Waals surface area contributed by atoms with Gasteiger partial charge in [0.1, 0.15) is 5.75 Å². The lowest BCUT2D eigenvalue weighted by Crippen LogP contribution is -2.36. The van der Waals surface area contributed by atoms with Crippen molar-refractivity contribution in [2.75, 3.05) is 40.5 Å². The molecule has 0 amide bonds. The maximum absolute atomic E-state index is 6.04. The Bertz CT molecular complexity index is 450. The summed E-state index contributed by atoms with van der Waals surface area (Å²) in [5, 5.41) is 0. The van der Waals surface area contributed by atoms with Gasteiger partial charge in [-0.3, -0.25) is 4.90 Å². The van der Waals surface area contributed by atoms with Gasteiger partial charge in [-0.2, -0.15) is 0 Å². The van der Waals surface area contributed by atoms with Gasteiger partial charge >= 0.3 is 0 Å². The number of rotatable bonds is 6. The Labute approximate surface area is 135 Å². The number of likely N-dealkylation sites (N-methyl/N-ethyl adjacent to an activating group) is 1. The van der Waals surface area contributed by atoms with E-state index in [9.17, 15) is 0 Å². The molecule has 0 radical (unpaired) electrons. The summed E-state index contributed by atoms with van der Waals surface area (Å²) >= 11 is 3.64. The summed E-state index contributed by atoms with van der Waals surface area (Å²) in [6.07, 6.45) is 2.28. The zero-order valence-corrected chi connectivity index (χ0v) is 14.4. The number of nitrogens with zero attached hydrogens (tertiary/aromatic N) is 1. The van der Waals surface area contributed by atoms with Crippen molar-refractivity contribution in [2.45, 2.75) is 18.9 Å². The van der Waals surface area contributed by atoms with Crippen LogP contribution in [0, 0.1) is 5.92 Å². The van der Waals surface area contributed by atoms with Crippen molar-refractivity contribution in [1.29, 1.82) is 0 Å². The van der Waals surface area contributed by atoms with Crippen LogP contribution >= 0.6 is 15.9 Å². The van der Waals surface area contributed by atoms with Crippen LogP contribution in [-0.4, -0.2) is 45.4 Å². The van der Waals surface area contributed by atoms with Gasteiger partial charge in [0.15, 0.2) is 0 Å². The highest BCUT2D eigenvalue weighted by molar-refractivity contribution is 9.10. The summed E-state index contributed by atoms with van der Waals surface area (Å²) in [7, 11) is 3.84. The van der Waals surface area contributed by atoms with Crippen molar-refractivity contribution in [3.63, 3.8) is 0 Å². The van der Waals surface area contributed by atoms with E-state index in [2.05, 4.69) is 33.9 Å². The fourth-order valence-electron chi connectivity index (χ4n) is 2.91. The van der Waals surface area contributed by atoms with Gasteiger partial charge in [0.05, 0.1) is 7.11 Å². The normalized spacial score (nSPS) is 18.0. The van der Waals surface area contributed by atoms with E-state index in [1.807, 2.05) is 12.1 Å². The van der Waals surface area contributed by atoms with Crippen LogP contribution in [0.15, 0.2) is 22.7 Å². The average molecular weight is 357 g/mol. The van der Waals surface area contributed by atoms with Crippen LogP contribution in [0.5, 0.6) is 5.75 Å². The molecule has 1 aliphatic heterocycles. The van der Waals surface area contributed by atoms with E-state index in [1.54, 1.807) is 7.11 Å². The molecule has 0 bridgehead atoms. The number of hydrogen-bond acceptors (Lipinski definition) is 4. The minimum absolute atomic E-state index is 0.192. The minimum Gasteiger partial charge on any atom is -0.497 e.